The van der Waals surface area contributed by atoms with Crippen LogP contribution in [-0.4, -0.2) is 11.3 Å². The van der Waals surface area contributed by atoms with Gasteiger partial charge in [-0.2, -0.15) is 13.2 Å². The fourth-order valence-electron chi connectivity index (χ4n) is 1.87. The smallest absolute Gasteiger partial charge is 0.388 e. The molecule has 2 rings (SSSR count). The van der Waals surface area contributed by atoms with Gasteiger partial charge in [0.15, 0.2) is 0 Å². The summed E-state index contributed by atoms with van der Waals surface area (Å²) >= 11 is 0. The number of alkyl halides is 3. The molecule has 1 N–H and O–H groups in total. The summed E-state index contributed by atoms with van der Waals surface area (Å²) in [5, 5.41) is 9.63. The Hall–Kier alpha value is -1.03. The summed E-state index contributed by atoms with van der Waals surface area (Å²) in [4.78, 5) is 0. The van der Waals surface area contributed by atoms with Gasteiger partial charge in [-0.1, -0.05) is 24.3 Å². The number of hydrogen-bond donors (Lipinski definition) is 1. The second-order valence-electron chi connectivity index (χ2n) is 4.61. The monoisotopic (exact) mass is 244 g/mol. The van der Waals surface area contributed by atoms with Crippen LogP contribution in [0.5, 0.6) is 0 Å². The third kappa shape index (κ3) is 3.73. The second kappa shape index (κ2) is 4.69. The Morgan fingerprint density at radius 1 is 1.18 bits per heavy atom. The number of aliphatic hydroxyl groups excluding tert-OH is 1. The van der Waals surface area contributed by atoms with E-state index in [2.05, 4.69) is 0 Å². The summed E-state index contributed by atoms with van der Waals surface area (Å²) in [7, 11) is 0. The summed E-state index contributed by atoms with van der Waals surface area (Å²) in [6, 6.07) is 7.27. The Bertz CT molecular complexity index is 365. The molecule has 0 spiro atoms. The van der Waals surface area contributed by atoms with Crippen molar-refractivity contribution in [3.63, 3.8) is 0 Å². The highest BCUT2D eigenvalue weighted by atomic mass is 19.4. The summed E-state index contributed by atoms with van der Waals surface area (Å²) in [6.45, 7) is 0. The summed E-state index contributed by atoms with van der Waals surface area (Å²) in [5.74, 6) is 0.622. The average Bonchev–Trinajstić information content (AvgIpc) is 3.09. The van der Waals surface area contributed by atoms with Crippen molar-refractivity contribution in [3.05, 3.63) is 35.4 Å². The number of aliphatic hydroxyl groups is 1. The molecule has 4 heteroatoms. The van der Waals surface area contributed by atoms with Crippen LogP contribution in [-0.2, 0) is 0 Å². The lowest BCUT2D eigenvalue weighted by Gasteiger charge is -2.13. The van der Waals surface area contributed by atoms with E-state index >= 15 is 0 Å². The normalized spacial score (nSPS) is 18.1. The van der Waals surface area contributed by atoms with E-state index < -0.39 is 18.7 Å². The first-order valence-corrected chi connectivity index (χ1v) is 5.80. The maximum atomic E-state index is 12.0. The molecule has 0 heterocycles. The molecule has 1 aromatic rings. The molecule has 94 valence electrons. The van der Waals surface area contributed by atoms with Crippen molar-refractivity contribution in [2.45, 2.75) is 43.9 Å². The van der Waals surface area contributed by atoms with Gasteiger partial charge in [0.25, 0.3) is 0 Å². The van der Waals surface area contributed by atoms with Crippen LogP contribution in [0.25, 0.3) is 0 Å². The van der Waals surface area contributed by atoms with Gasteiger partial charge in [0.1, 0.15) is 0 Å². The summed E-state index contributed by atoms with van der Waals surface area (Å²) in [5.41, 5.74) is 1.79. The lowest BCUT2D eigenvalue weighted by Crippen LogP contribution is -2.10. The molecule has 17 heavy (non-hydrogen) atoms. The average molecular weight is 244 g/mol. The maximum Gasteiger partial charge on any atom is 0.389 e. The molecule has 1 aliphatic rings. The fourth-order valence-corrected chi connectivity index (χ4v) is 1.87. The topological polar surface area (TPSA) is 20.2 Å². The SMILES string of the molecule is OC(CCC(F)(F)F)c1ccc(C2CC2)cc1. The van der Waals surface area contributed by atoms with Gasteiger partial charge in [0, 0.05) is 6.42 Å². The van der Waals surface area contributed by atoms with E-state index in [4.69, 9.17) is 0 Å². The molecular weight excluding hydrogens is 229 g/mol. The quantitative estimate of drug-likeness (QED) is 0.850. The fraction of sp³-hybridized carbons (Fsp3) is 0.538. The summed E-state index contributed by atoms with van der Waals surface area (Å²) in [6.07, 6.45) is -4.06. The predicted molar refractivity (Wildman–Crippen MR) is 58.7 cm³/mol. The second-order valence-corrected chi connectivity index (χ2v) is 4.61. The Balaban J connectivity index is 1.92. The van der Waals surface area contributed by atoms with Gasteiger partial charge in [-0.15, -0.1) is 0 Å². The van der Waals surface area contributed by atoms with E-state index in [1.165, 1.54) is 18.4 Å². The van der Waals surface area contributed by atoms with Crippen LogP contribution >= 0.6 is 0 Å². The lowest BCUT2D eigenvalue weighted by molar-refractivity contribution is -0.140. The van der Waals surface area contributed by atoms with Crippen molar-refractivity contribution in [3.8, 4) is 0 Å². The molecule has 1 aromatic carbocycles. The van der Waals surface area contributed by atoms with E-state index in [1.807, 2.05) is 12.1 Å². The Labute approximate surface area is 98.3 Å². The zero-order chi connectivity index (χ0) is 12.5. The van der Waals surface area contributed by atoms with E-state index in [9.17, 15) is 18.3 Å². The molecule has 0 bridgehead atoms. The van der Waals surface area contributed by atoms with Crippen molar-refractivity contribution in [1.82, 2.24) is 0 Å². The van der Waals surface area contributed by atoms with Gasteiger partial charge in [-0.25, -0.2) is 0 Å². The van der Waals surface area contributed by atoms with Crippen LogP contribution in [0.1, 0.15) is 48.8 Å². The van der Waals surface area contributed by atoms with Crippen LogP contribution < -0.4 is 0 Å². The molecule has 1 fully saturated rings. The van der Waals surface area contributed by atoms with E-state index in [0.717, 1.165) is 0 Å². The van der Waals surface area contributed by atoms with E-state index in [0.29, 0.717) is 11.5 Å². The van der Waals surface area contributed by atoms with Gasteiger partial charge in [0.05, 0.1) is 6.10 Å². The highest BCUT2D eigenvalue weighted by Crippen LogP contribution is 2.40. The highest BCUT2D eigenvalue weighted by molar-refractivity contribution is 5.29. The molecule has 1 atom stereocenters. The largest absolute Gasteiger partial charge is 0.389 e. The summed E-state index contributed by atoms with van der Waals surface area (Å²) < 4.78 is 36.0. The molecule has 0 aliphatic heterocycles. The van der Waals surface area contributed by atoms with Gasteiger partial charge in [-0.3, -0.25) is 0 Å². The molecule has 0 radical (unpaired) electrons. The Morgan fingerprint density at radius 3 is 2.24 bits per heavy atom. The van der Waals surface area contributed by atoms with Crippen molar-refractivity contribution in [2.75, 3.05) is 0 Å². The molecule has 0 amide bonds. The molecule has 1 nitrogen and oxygen atoms in total. The zero-order valence-corrected chi connectivity index (χ0v) is 9.37. The number of benzene rings is 1. The van der Waals surface area contributed by atoms with Gasteiger partial charge in [-0.05, 0) is 36.3 Å². The molecular formula is C13H15F3O. The van der Waals surface area contributed by atoms with Crippen LogP contribution in [0.4, 0.5) is 13.2 Å². The first kappa shape index (κ1) is 12.4. The number of halogens is 3. The molecule has 0 aromatic heterocycles. The van der Waals surface area contributed by atoms with E-state index in [1.54, 1.807) is 12.1 Å². The first-order valence-electron chi connectivity index (χ1n) is 5.80. The molecule has 0 saturated heterocycles. The number of rotatable bonds is 4. The van der Waals surface area contributed by atoms with Crippen LogP contribution in [0.15, 0.2) is 24.3 Å². The Morgan fingerprint density at radius 2 is 1.76 bits per heavy atom. The van der Waals surface area contributed by atoms with Crippen LogP contribution in [0.3, 0.4) is 0 Å². The van der Waals surface area contributed by atoms with Gasteiger partial charge in [0.2, 0.25) is 0 Å². The van der Waals surface area contributed by atoms with Crippen molar-refractivity contribution < 1.29 is 18.3 Å². The third-order valence-corrected chi connectivity index (χ3v) is 3.07. The van der Waals surface area contributed by atoms with Crippen molar-refractivity contribution in [1.29, 1.82) is 0 Å². The van der Waals surface area contributed by atoms with Gasteiger partial charge >= 0.3 is 6.18 Å². The third-order valence-electron chi connectivity index (χ3n) is 3.07. The minimum atomic E-state index is -4.20. The van der Waals surface area contributed by atoms with Crippen LogP contribution in [0, 0.1) is 0 Å². The predicted octanol–water partition coefficient (Wildman–Crippen LogP) is 3.94. The van der Waals surface area contributed by atoms with Crippen molar-refractivity contribution in [2.24, 2.45) is 0 Å². The lowest BCUT2D eigenvalue weighted by atomic mass is 10.0. The van der Waals surface area contributed by atoms with Crippen molar-refractivity contribution >= 4 is 0 Å². The minimum absolute atomic E-state index is 0.272. The maximum absolute atomic E-state index is 12.0. The molecule has 1 unspecified atom stereocenters. The molecule has 1 aliphatic carbocycles. The standard InChI is InChI=1S/C13H15F3O/c14-13(15,16)8-7-12(17)11-5-3-10(4-6-11)9-1-2-9/h3-6,9,12,17H,1-2,7-8H2. The van der Waals surface area contributed by atoms with Crippen LogP contribution in [0.2, 0.25) is 0 Å². The number of hydrogen-bond acceptors (Lipinski definition) is 1. The van der Waals surface area contributed by atoms with E-state index in [-0.39, 0.29) is 6.42 Å². The minimum Gasteiger partial charge on any atom is -0.388 e. The van der Waals surface area contributed by atoms with Gasteiger partial charge < -0.3 is 5.11 Å². The molecule has 1 saturated carbocycles. The highest BCUT2D eigenvalue weighted by Gasteiger charge is 2.28. The zero-order valence-electron chi connectivity index (χ0n) is 9.37. The Kier molecular flexibility index (Phi) is 3.43. The first-order chi connectivity index (χ1) is 7.96.